The van der Waals surface area contributed by atoms with Crippen LogP contribution in [0.5, 0.6) is 5.75 Å². The van der Waals surface area contributed by atoms with Crippen molar-refractivity contribution in [2.24, 2.45) is 0 Å². The van der Waals surface area contributed by atoms with Gasteiger partial charge in [-0.2, -0.15) is 0 Å². The third-order valence-electron chi connectivity index (χ3n) is 5.22. The number of nitrogens with two attached hydrogens (primary N) is 1. The molecule has 1 amide bonds. The maximum atomic E-state index is 13.2. The molecule has 2 aliphatic rings. The summed E-state index contributed by atoms with van der Waals surface area (Å²) in [5, 5.41) is 0. The monoisotopic (exact) mass is 317 g/mol. The number of benzene rings is 1. The van der Waals surface area contributed by atoms with Gasteiger partial charge in [-0.15, -0.1) is 0 Å². The Morgan fingerprint density at radius 2 is 1.87 bits per heavy atom. The van der Waals surface area contributed by atoms with Crippen molar-refractivity contribution in [3.05, 3.63) is 18.2 Å². The average molecular weight is 317 g/mol. The highest BCUT2D eigenvalue weighted by atomic mass is 16.5. The summed E-state index contributed by atoms with van der Waals surface area (Å²) >= 11 is 0. The van der Waals surface area contributed by atoms with Gasteiger partial charge in [-0.3, -0.25) is 4.79 Å². The fourth-order valence-corrected chi connectivity index (χ4v) is 3.67. The van der Waals surface area contributed by atoms with Crippen molar-refractivity contribution in [3.8, 4) is 5.75 Å². The van der Waals surface area contributed by atoms with Crippen molar-refractivity contribution in [2.75, 3.05) is 36.8 Å². The number of likely N-dealkylation sites (tertiary alicyclic amines) is 1. The van der Waals surface area contributed by atoms with Crippen molar-refractivity contribution in [3.63, 3.8) is 0 Å². The molecule has 1 saturated heterocycles. The zero-order valence-electron chi connectivity index (χ0n) is 14.2. The Morgan fingerprint density at radius 1 is 1.17 bits per heavy atom. The Hall–Kier alpha value is -1.75. The highest BCUT2D eigenvalue weighted by Crippen LogP contribution is 2.43. The summed E-state index contributed by atoms with van der Waals surface area (Å²) in [7, 11) is 0. The molecule has 0 unspecified atom stereocenters. The molecule has 1 fully saturated rings. The predicted molar refractivity (Wildman–Crippen MR) is 92.8 cm³/mol. The van der Waals surface area contributed by atoms with Crippen LogP contribution in [0.15, 0.2) is 18.2 Å². The Kier molecular flexibility index (Phi) is 4.48. The van der Waals surface area contributed by atoms with Crippen molar-refractivity contribution in [1.29, 1.82) is 0 Å². The first kappa shape index (κ1) is 16.1. The van der Waals surface area contributed by atoms with Gasteiger partial charge in [0, 0.05) is 13.1 Å². The molecular weight excluding hydrogens is 290 g/mol. The van der Waals surface area contributed by atoms with Crippen molar-refractivity contribution < 1.29 is 9.53 Å². The summed E-state index contributed by atoms with van der Waals surface area (Å²) in [5.41, 5.74) is 6.76. The minimum atomic E-state index is -0.758. The number of rotatable bonds is 5. The zero-order valence-corrected chi connectivity index (χ0v) is 14.2. The van der Waals surface area contributed by atoms with E-state index in [1.807, 2.05) is 36.9 Å². The van der Waals surface area contributed by atoms with Gasteiger partial charge in [-0.25, -0.2) is 0 Å². The second kappa shape index (κ2) is 6.40. The third-order valence-corrected chi connectivity index (χ3v) is 5.22. The molecule has 0 aliphatic carbocycles. The number of para-hydroxylation sites is 1. The summed E-state index contributed by atoms with van der Waals surface area (Å²) in [4.78, 5) is 17.4. The largest absolute Gasteiger partial charge is 0.475 e. The van der Waals surface area contributed by atoms with Gasteiger partial charge in [0.15, 0.2) is 5.60 Å². The maximum absolute atomic E-state index is 13.2. The van der Waals surface area contributed by atoms with E-state index in [2.05, 4.69) is 4.90 Å². The van der Waals surface area contributed by atoms with Gasteiger partial charge in [0.1, 0.15) is 11.4 Å². The van der Waals surface area contributed by atoms with E-state index < -0.39 is 5.60 Å². The van der Waals surface area contributed by atoms with Crippen molar-refractivity contribution in [1.82, 2.24) is 4.90 Å². The first-order valence-corrected chi connectivity index (χ1v) is 8.73. The fourth-order valence-electron chi connectivity index (χ4n) is 3.67. The molecule has 0 saturated carbocycles. The normalized spacial score (nSPS) is 20.4. The van der Waals surface area contributed by atoms with Gasteiger partial charge in [0.2, 0.25) is 0 Å². The summed E-state index contributed by atoms with van der Waals surface area (Å²) in [6, 6.07) is 5.64. The Bertz CT molecular complexity index is 578. The minimum Gasteiger partial charge on any atom is -0.475 e. The molecule has 2 heterocycles. The van der Waals surface area contributed by atoms with Gasteiger partial charge in [0.25, 0.3) is 5.91 Å². The summed E-state index contributed by atoms with van der Waals surface area (Å²) < 4.78 is 6.13. The van der Waals surface area contributed by atoms with Crippen LogP contribution < -0.4 is 15.4 Å². The number of nitrogen functional groups attached to an aromatic ring is 1. The van der Waals surface area contributed by atoms with Crippen LogP contribution in [0.3, 0.4) is 0 Å². The van der Waals surface area contributed by atoms with Crippen molar-refractivity contribution in [2.45, 2.75) is 45.1 Å². The standard InChI is InChI=1S/C18H27N3O2/c1-3-18(4-2)17(22)21(13-12-20-10-5-6-11-20)16-14(19)8-7-9-15(16)23-18/h7-9H,3-6,10-13,19H2,1-2H3. The summed E-state index contributed by atoms with van der Waals surface area (Å²) in [6.45, 7) is 7.84. The second-order valence-electron chi connectivity index (χ2n) is 6.50. The molecule has 0 spiro atoms. The lowest BCUT2D eigenvalue weighted by molar-refractivity contribution is -0.136. The minimum absolute atomic E-state index is 0.0482. The second-order valence-corrected chi connectivity index (χ2v) is 6.50. The highest BCUT2D eigenvalue weighted by Gasteiger charge is 2.46. The lowest BCUT2D eigenvalue weighted by Crippen LogP contribution is -2.57. The van der Waals surface area contributed by atoms with E-state index in [0.717, 1.165) is 31.1 Å². The van der Waals surface area contributed by atoms with E-state index in [9.17, 15) is 4.79 Å². The molecule has 0 radical (unpaired) electrons. The van der Waals surface area contributed by atoms with E-state index in [1.165, 1.54) is 12.8 Å². The van der Waals surface area contributed by atoms with Crippen molar-refractivity contribution >= 4 is 17.3 Å². The van der Waals surface area contributed by atoms with E-state index in [4.69, 9.17) is 10.5 Å². The number of nitrogens with zero attached hydrogens (tertiary/aromatic N) is 2. The molecular formula is C18H27N3O2. The molecule has 5 heteroatoms. The number of fused-ring (bicyclic) bond motifs is 1. The number of carbonyl (C=O) groups is 1. The Morgan fingerprint density at radius 3 is 2.52 bits per heavy atom. The number of hydrogen-bond donors (Lipinski definition) is 1. The molecule has 126 valence electrons. The van der Waals surface area contributed by atoms with Crippen LogP contribution in [0.4, 0.5) is 11.4 Å². The van der Waals surface area contributed by atoms with Gasteiger partial charge in [0.05, 0.1) is 5.69 Å². The first-order chi connectivity index (χ1) is 11.1. The van der Waals surface area contributed by atoms with Gasteiger partial charge in [-0.1, -0.05) is 19.9 Å². The number of ether oxygens (including phenoxy) is 1. The van der Waals surface area contributed by atoms with Crippen LogP contribution in [-0.4, -0.2) is 42.6 Å². The van der Waals surface area contributed by atoms with Crippen LogP contribution in [-0.2, 0) is 4.79 Å². The van der Waals surface area contributed by atoms with Crippen LogP contribution in [0, 0.1) is 0 Å². The van der Waals surface area contributed by atoms with Crippen LogP contribution >= 0.6 is 0 Å². The van der Waals surface area contributed by atoms with E-state index in [1.54, 1.807) is 0 Å². The Labute approximate surface area is 138 Å². The number of anilines is 2. The highest BCUT2D eigenvalue weighted by molar-refractivity contribution is 6.05. The summed E-state index contributed by atoms with van der Waals surface area (Å²) in [5.74, 6) is 0.779. The molecule has 2 N–H and O–H groups in total. The molecule has 23 heavy (non-hydrogen) atoms. The Balaban J connectivity index is 1.92. The molecule has 0 aromatic heterocycles. The van der Waals surface area contributed by atoms with Crippen LogP contribution in [0.2, 0.25) is 0 Å². The topological polar surface area (TPSA) is 58.8 Å². The smallest absolute Gasteiger partial charge is 0.271 e. The van der Waals surface area contributed by atoms with Crippen LogP contribution in [0.25, 0.3) is 0 Å². The maximum Gasteiger partial charge on any atom is 0.271 e. The lowest BCUT2D eigenvalue weighted by Gasteiger charge is -2.42. The van der Waals surface area contributed by atoms with E-state index in [0.29, 0.717) is 25.1 Å². The molecule has 0 atom stereocenters. The average Bonchev–Trinajstić information content (AvgIpc) is 3.07. The fraction of sp³-hybridized carbons (Fsp3) is 0.611. The number of hydrogen-bond acceptors (Lipinski definition) is 4. The van der Waals surface area contributed by atoms with Gasteiger partial charge < -0.3 is 20.3 Å². The lowest BCUT2D eigenvalue weighted by atomic mass is 9.92. The molecule has 0 bridgehead atoms. The quantitative estimate of drug-likeness (QED) is 0.848. The predicted octanol–water partition coefficient (Wildman–Crippen LogP) is 2.65. The van der Waals surface area contributed by atoms with E-state index in [-0.39, 0.29) is 5.91 Å². The molecule has 2 aliphatic heterocycles. The molecule has 1 aromatic carbocycles. The van der Waals surface area contributed by atoms with Gasteiger partial charge in [-0.05, 0) is 50.9 Å². The SMILES string of the molecule is CCC1(CC)Oc2cccc(N)c2N(CCN2CCCC2)C1=O. The van der Waals surface area contributed by atoms with E-state index >= 15 is 0 Å². The van der Waals surface area contributed by atoms with Crippen LogP contribution in [0.1, 0.15) is 39.5 Å². The summed E-state index contributed by atoms with van der Waals surface area (Å²) in [6.07, 6.45) is 3.83. The molecule has 5 nitrogen and oxygen atoms in total. The molecule has 3 rings (SSSR count). The van der Waals surface area contributed by atoms with Gasteiger partial charge >= 0.3 is 0 Å². The first-order valence-electron chi connectivity index (χ1n) is 8.73. The number of amides is 1. The molecule has 1 aromatic rings. The number of carbonyl (C=O) groups excluding carboxylic acids is 1. The zero-order chi connectivity index (χ0) is 16.4. The third kappa shape index (κ3) is 2.78.